The molecule has 0 aliphatic carbocycles. The van der Waals surface area contributed by atoms with Crippen LogP contribution in [0.4, 0.5) is 11.6 Å². The fourth-order valence-corrected chi connectivity index (χ4v) is 4.31. The molecule has 1 unspecified atom stereocenters. The fourth-order valence-electron chi connectivity index (χ4n) is 2.53. The maximum Gasteiger partial charge on any atom is 0.258 e. The van der Waals surface area contributed by atoms with E-state index in [0.717, 1.165) is 0 Å². The topological polar surface area (TPSA) is 105 Å². The average Bonchev–Trinajstić information content (AvgIpc) is 2.95. The van der Waals surface area contributed by atoms with Gasteiger partial charge in [-0.2, -0.15) is 0 Å². The summed E-state index contributed by atoms with van der Waals surface area (Å²) in [7, 11) is -1.16. The van der Waals surface area contributed by atoms with E-state index in [1.165, 1.54) is 6.20 Å². The summed E-state index contributed by atoms with van der Waals surface area (Å²) in [6, 6.07) is 6.57. The molecule has 1 saturated heterocycles. The monoisotopic (exact) mass is 347 g/mol. The highest BCUT2D eigenvalue weighted by molar-refractivity contribution is 7.91. The third-order valence-electron chi connectivity index (χ3n) is 3.93. The summed E-state index contributed by atoms with van der Waals surface area (Å²) in [5.41, 5.74) is 0.427. The van der Waals surface area contributed by atoms with Gasteiger partial charge in [0.15, 0.2) is 21.5 Å². The van der Waals surface area contributed by atoms with E-state index in [9.17, 15) is 13.2 Å². The summed E-state index contributed by atoms with van der Waals surface area (Å²) in [6.45, 7) is 0. The molecule has 0 spiro atoms. The molecule has 2 aromatic rings. The molecular weight excluding hydrogens is 330 g/mol. The lowest BCUT2D eigenvalue weighted by molar-refractivity contribution is 0.102. The van der Waals surface area contributed by atoms with E-state index in [2.05, 4.69) is 20.5 Å². The molecule has 1 N–H and O–H groups in total. The van der Waals surface area contributed by atoms with E-state index in [1.54, 1.807) is 37.5 Å². The van der Waals surface area contributed by atoms with Crippen LogP contribution in [-0.4, -0.2) is 54.1 Å². The lowest BCUT2D eigenvalue weighted by atomic mass is 10.2. The number of hydrogen-bond acceptors (Lipinski definition) is 7. The largest absolute Gasteiger partial charge is 0.354 e. The first-order valence-corrected chi connectivity index (χ1v) is 9.25. The van der Waals surface area contributed by atoms with Gasteiger partial charge < -0.3 is 10.2 Å². The molecule has 3 rings (SSSR count). The molecule has 0 bridgehead atoms. The van der Waals surface area contributed by atoms with Crippen molar-refractivity contribution in [3.8, 4) is 0 Å². The molecule has 1 fully saturated rings. The van der Waals surface area contributed by atoms with Crippen molar-refractivity contribution in [3.05, 3.63) is 42.2 Å². The summed E-state index contributed by atoms with van der Waals surface area (Å²) in [5.74, 6) is 0.899. The minimum atomic E-state index is -2.96. The van der Waals surface area contributed by atoms with Crippen molar-refractivity contribution in [1.82, 2.24) is 15.2 Å². The van der Waals surface area contributed by atoms with Crippen LogP contribution in [0.5, 0.6) is 0 Å². The average molecular weight is 347 g/mol. The van der Waals surface area contributed by atoms with Crippen LogP contribution in [0.2, 0.25) is 0 Å². The maximum atomic E-state index is 12.0. The number of pyridine rings is 1. The summed E-state index contributed by atoms with van der Waals surface area (Å²) < 4.78 is 23.1. The lowest BCUT2D eigenvalue weighted by Crippen LogP contribution is -2.33. The Morgan fingerprint density at radius 1 is 1.29 bits per heavy atom. The summed E-state index contributed by atoms with van der Waals surface area (Å²) in [4.78, 5) is 17.7. The quantitative estimate of drug-likeness (QED) is 0.870. The maximum absolute atomic E-state index is 12.0. The Kier molecular flexibility index (Phi) is 4.43. The number of amides is 1. The molecule has 1 aliphatic heterocycles. The first-order valence-electron chi connectivity index (χ1n) is 7.43. The third kappa shape index (κ3) is 3.67. The number of rotatable bonds is 4. The Morgan fingerprint density at radius 3 is 2.71 bits per heavy atom. The highest BCUT2D eigenvalue weighted by atomic mass is 32.2. The van der Waals surface area contributed by atoms with Gasteiger partial charge in [0, 0.05) is 25.5 Å². The Labute approximate surface area is 139 Å². The Balaban J connectivity index is 1.66. The smallest absolute Gasteiger partial charge is 0.258 e. The van der Waals surface area contributed by atoms with Crippen LogP contribution in [0.1, 0.15) is 16.8 Å². The van der Waals surface area contributed by atoms with Gasteiger partial charge in [0.05, 0.1) is 17.1 Å². The standard InChI is InChI=1S/C15H17N5O3S/c1-20(12-6-8-24(22,23)10-12)14-5-4-13(18-19-14)17-15(21)11-3-2-7-16-9-11/h2-5,7,9,12H,6,8,10H2,1H3,(H,17,18,21). The van der Waals surface area contributed by atoms with Crippen LogP contribution in [0.15, 0.2) is 36.7 Å². The zero-order chi connectivity index (χ0) is 17.2. The van der Waals surface area contributed by atoms with Crippen LogP contribution in [0.25, 0.3) is 0 Å². The fraction of sp³-hybridized carbons (Fsp3) is 0.333. The Bertz CT molecular complexity index is 824. The lowest BCUT2D eigenvalue weighted by Gasteiger charge is -2.23. The minimum Gasteiger partial charge on any atom is -0.354 e. The van der Waals surface area contributed by atoms with E-state index in [1.807, 2.05) is 4.90 Å². The number of sulfone groups is 1. The normalized spacial score (nSPS) is 19.0. The van der Waals surface area contributed by atoms with Gasteiger partial charge in [-0.05, 0) is 30.7 Å². The predicted octanol–water partition coefficient (Wildman–Crippen LogP) is 0.747. The van der Waals surface area contributed by atoms with Gasteiger partial charge in [0.2, 0.25) is 0 Å². The minimum absolute atomic E-state index is 0.0971. The number of nitrogens with one attached hydrogen (secondary N) is 1. The Morgan fingerprint density at radius 2 is 2.12 bits per heavy atom. The predicted molar refractivity (Wildman–Crippen MR) is 89.7 cm³/mol. The molecule has 9 heteroatoms. The van der Waals surface area contributed by atoms with Gasteiger partial charge >= 0.3 is 0 Å². The second kappa shape index (κ2) is 6.52. The molecule has 8 nitrogen and oxygen atoms in total. The zero-order valence-electron chi connectivity index (χ0n) is 13.1. The molecule has 1 amide bonds. The number of nitrogens with zero attached hydrogens (tertiary/aromatic N) is 4. The van der Waals surface area contributed by atoms with Crippen molar-refractivity contribution >= 4 is 27.4 Å². The van der Waals surface area contributed by atoms with E-state index < -0.39 is 9.84 Å². The van der Waals surface area contributed by atoms with Crippen LogP contribution in [0.3, 0.4) is 0 Å². The van der Waals surface area contributed by atoms with Gasteiger partial charge in [-0.1, -0.05) is 0 Å². The number of hydrogen-bond donors (Lipinski definition) is 1. The van der Waals surface area contributed by atoms with E-state index in [0.29, 0.717) is 23.6 Å². The van der Waals surface area contributed by atoms with E-state index >= 15 is 0 Å². The highest BCUT2D eigenvalue weighted by Crippen LogP contribution is 2.21. The van der Waals surface area contributed by atoms with Crippen molar-refractivity contribution < 1.29 is 13.2 Å². The molecule has 3 heterocycles. The number of carbonyl (C=O) groups is 1. The van der Waals surface area contributed by atoms with Crippen molar-refractivity contribution in [2.45, 2.75) is 12.5 Å². The van der Waals surface area contributed by atoms with Crippen molar-refractivity contribution in [2.24, 2.45) is 0 Å². The first kappa shape index (κ1) is 16.3. The molecule has 24 heavy (non-hydrogen) atoms. The zero-order valence-corrected chi connectivity index (χ0v) is 13.9. The Hall–Kier alpha value is -2.55. The van der Waals surface area contributed by atoms with Crippen molar-refractivity contribution in [3.63, 3.8) is 0 Å². The van der Waals surface area contributed by atoms with Gasteiger partial charge in [-0.15, -0.1) is 10.2 Å². The van der Waals surface area contributed by atoms with E-state index in [4.69, 9.17) is 0 Å². The molecule has 0 radical (unpaired) electrons. The van der Waals surface area contributed by atoms with Gasteiger partial charge in [0.25, 0.3) is 5.91 Å². The third-order valence-corrected chi connectivity index (χ3v) is 5.68. The van der Waals surface area contributed by atoms with Crippen molar-refractivity contribution in [2.75, 3.05) is 28.8 Å². The summed E-state index contributed by atoms with van der Waals surface area (Å²) in [6.07, 6.45) is 3.63. The molecule has 2 aromatic heterocycles. The van der Waals surface area contributed by atoms with Gasteiger partial charge in [-0.3, -0.25) is 9.78 Å². The number of anilines is 2. The second-order valence-electron chi connectivity index (χ2n) is 5.64. The van der Waals surface area contributed by atoms with Crippen LogP contribution < -0.4 is 10.2 Å². The molecule has 0 aromatic carbocycles. The molecular formula is C15H17N5O3S. The summed E-state index contributed by atoms with van der Waals surface area (Å²) >= 11 is 0. The molecule has 0 saturated carbocycles. The molecule has 1 atom stereocenters. The van der Waals surface area contributed by atoms with Crippen LogP contribution in [0, 0.1) is 0 Å². The van der Waals surface area contributed by atoms with Crippen LogP contribution in [-0.2, 0) is 9.84 Å². The highest BCUT2D eigenvalue weighted by Gasteiger charge is 2.31. The van der Waals surface area contributed by atoms with Crippen molar-refractivity contribution in [1.29, 1.82) is 0 Å². The van der Waals surface area contributed by atoms with Gasteiger partial charge in [-0.25, -0.2) is 8.42 Å². The SMILES string of the molecule is CN(c1ccc(NC(=O)c2cccnc2)nn1)C1CCS(=O)(=O)C1. The molecule has 1 aliphatic rings. The van der Waals surface area contributed by atoms with E-state index in [-0.39, 0.29) is 23.5 Å². The first-order chi connectivity index (χ1) is 11.4. The van der Waals surface area contributed by atoms with Gasteiger partial charge in [0.1, 0.15) is 0 Å². The number of aromatic nitrogens is 3. The second-order valence-corrected chi connectivity index (χ2v) is 7.87. The summed E-state index contributed by atoms with van der Waals surface area (Å²) in [5, 5.41) is 10.7. The molecule has 126 valence electrons. The van der Waals surface area contributed by atoms with Crippen LogP contribution >= 0.6 is 0 Å². The number of carbonyl (C=O) groups excluding carboxylic acids is 1.